The maximum Gasteiger partial charge on any atom is 0 e. The smallest absolute Gasteiger partial charge is 0 e. The third-order valence-electron chi connectivity index (χ3n) is 0. The summed E-state index contributed by atoms with van der Waals surface area (Å²) in [6, 6.07) is 0. The Labute approximate surface area is 59.4 Å². The van der Waals surface area contributed by atoms with E-state index in [1.54, 1.807) is 0 Å². The minimum Gasteiger partial charge on any atom is -0.106 e. The number of hydrogen-bond donors (Lipinski definition) is 0. The second-order valence-corrected chi connectivity index (χ2v) is 0. The Hall–Kier alpha value is 1.26. The summed E-state index contributed by atoms with van der Waals surface area (Å²) in [4.78, 5) is 0. The van der Waals surface area contributed by atoms with Gasteiger partial charge in [0.15, 0.2) is 0 Å². The van der Waals surface area contributed by atoms with Crippen molar-refractivity contribution in [2.75, 3.05) is 0 Å². The van der Waals surface area contributed by atoms with E-state index >= 15 is 0 Å². The Bertz CT molecular complexity index is 6.00. The van der Waals surface area contributed by atoms with Gasteiger partial charge in [-0.25, -0.2) is 0 Å². The summed E-state index contributed by atoms with van der Waals surface area (Å²) in [6.07, 6.45) is 0. The maximum absolute atomic E-state index is 3.00. The van der Waals surface area contributed by atoms with E-state index in [1.165, 1.54) is 0 Å². The molecule has 0 heterocycles. The largest absolute Gasteiger partial charge is 0.106 e. The van der Waals surface area contributed by atoms with Gasteiger partial charge in [0.05, 0.1) is 0 Å². The van der Waals surface area contributed by atoms with Crippen molar-refractivity contribution in [2.45, 2.75) is 0 Å². The average Bonchev–Trinajstić information content (AvgIpc) is 1.00. The standard InChI is InChI=1S/C2H4.Mn.Na/c1-2;;/h1-2H2;;. The van der Waals surface area contributed by atoms with Gasteiger partial charge in [0.2, 0.25) is 0 Å². The van der Waals surface area contributed by atoms with Gasteiger partial charge in [-0.2, -0.15) is 0 Å². The summed E-state index contributed by atoms with van der Waals surface area (Å²) in [5.41, 5.74) is 0. The third-order valence-corrected chi connectivity index (χ3v) is 0. The molecule has 2 radical (unpaired) electrons. The zero-order valence-electron chi connectivity index (χ0n) is 2.79. The molecule has 0 amide bonds. The van der Waals surface area contributed by atoms with E-state index in [1.807, 2.05) is 0 Å². The molecule has 0 N–H and O–H groups in total. The monoisotopic (exact) mass is 106 g/mol. The summed E-state index contributed by atoms with van der Waals surface area (Å²) < 4.78 is 0. The van der Waals surface area contributed by atoms with E-state index in [-0.39, 0.29) is 46.6 Å². The van der Waals surface area contributed by atoms with Crippen molar-refractivity contribution in [3.63, 3.8) is 0 Å². The van der Waals surface area contributed by atoms with Crippen molar-refractivity contribution in [2.24, 2.45) is 0 Å². The summed E-state index contributed by atoms with van der Waals surface area (Å²) in [7, 11) is 0. The summed E-state index contributed by atoms with van der Waals surface area (Å²) in [5.74, 6) is 0. The van der Waals surface area contributed by atoms with Crippen LogP contribution >= 0.6 is 0 Å². The number of rotatable bonds is 0. The SMILES string of the molecule is C=C.[Mn].[Na]. The van der Waals surface area contributed by atoms with E-state index in [2.05, 4.69) is 13.2 Å². The molecule has 0 bridgehead atoms. The van der Waals surface area contributed by atoms with Gasteiger partial charge in [0.1, 0.15) is 0 Å². The van der Waals surface area contributed by atoms with Crippen LogP contribution in [0.3, 0.4) is 0 Å². The molecule has 0 atom stereocenters. The normalized spacial score (nSPS) is 1.00. The van der Waals surface area contributed by atoms with E-state index < -0.39 is 0 Å². The second kappa shape index (κ2) is 28.5. The van der Waals surface area contributed by atoms with Gasteiger partial charge in [-0.15, -0.1) is 13.2 Å². The molecule has 0 aliphatic rings. The predicted octanol–water partition coefficient (Wildman–Crippen LogP) is 0.419. The van der Waals surface area contributed by atoms with Crippen molar-refractivity contribution in [1.29, 1.82) is 0 Å². The van der Waals surface area contributed by atoms with E-state index in [4.69, 9.17) is 0 Å². The average molecular weight is 106 g/mol. The fourth-order valence-electron chi connectivity index (χ4n) is 0. The number of hydrogen-bond acceptors (Lipinski definition) is 0. The molecular weight excluding hydrogens is 102 g/mol. The van der Waals surface area contributed by atoms with Crippen LogP contribution in [0.2, 0.25) is 0 Å². The Morgan fingerprint density at radius 2 is 1.00 bits per heavy atom. The van der Waals surface area contributed by atoms with Crippen molar-refractivity contribution < 1.29 is 17.1 Å². The van der Waals surface area contributed by atoms with Gasteiger partial charge >= 0.3 is 0 Å². The fraction of sp³-hybridized carbons (Fsp3) is 0. The third kappa shape index (κ3) is 10.5. The van der Waals surface area contributed by atoms with Crippen LogP contribution in [0.5, 0.6) is 0 Å². The molecule has 20 valence electrons. The molecule has 0 fully saturated rings. The minimum atomic E-state index is 0. The molecular formula is C2H4MnNa. The summed E-state index contributed by atoms with van der Waals surface area (Å²) in [5, 5.41) is 0. The zero-order valence-corrected chi connectivity index (χ0v) is 5.97. The molecule has 2 heteroatoms. The quantitative estimate of drug-likeness (QED) is 0.310. The first-order valence-electron chi connectivity index (χ1n) is 0.500. The van der Waals surface area contributed by atoms with Gasteiger partial charge in [-0.1, -0.05) is 0 Å². The molecule has 0 aliphatic heterocycles. The van der Waals surface area contributed by atoms with Gasteiger partial charge in [0, 0.05) is 46.6 Å². The fourth-order valence-corrected chi connectivity index (χ4v) is 0. The molecule has 0 rings (SSSR count). The predicted molar refractivity (Wildman–Crippen MR) is 17.0 cm³/mol. The first kappa shape index (κ1) is 18.7. The minimum absolute atomic E-state index is 0. The van der Waals surface area contributed by atoms with Crippen molar-refractivity contribution in [3.05, 3.63) is 13.2 Å². The van der Waals surface area contributed by atoms with Crippen LogP contribution < -0.4 is 0 Å². The van der Waals surface area contributed by atoms with E-state index in [0.717, 1.165) is 0 Å². The first-order chi connectivity index (χ1) is 1.00. The van der Waals surface area contributed by atoms with E-state index in [0.29, 0.717) is 0 Å². The molecule has 0 aromatic heterocycles. The van der Waals surface area contributed by atoms with Crippen LogP contribution in [0.4, 0.5) is 0 Å². The molecule has 0 saturated heterocycles. The summed E-state index contributed by atoms with van der Waals surface area (Å²) >= 11 is 0. The van der Waals surface area contributed by atoms with Gasteiger partial charge < -0.3 is 0 Å². The first-order valence-corrected chi connectivity index (χ1v) is 0.500. The van der Waals surface area contributed by atoms with Crippen molar-refractivity contribution >= 4 is 29.6 Å². The van der Waals surface area contributed by atoms with Crippen LogP contribution in [0.25, 0.3) is 0 Å². The van der Waals surface area contributed by atoms with Gasteiger partial charge in [-0.05, 0) is 0 Å². The van der Waals surface area contributed by atoms with E-state index in [9.17, 15) is 0 Å². The Morgan fingerprint density at radius 1 is 1.00 bits per heavy atom. The van der Waals surface area contributed by atoms with Crippen molar-refractivity contribution in [3.8, 4) is 0 Å². The Balaban J connectivity index is -0.00000000500. The van der Waals surface area contributed by atoms with Crippen LogP contribution in [0.15, 0.2) is 13.2 Å². The van der Waals surface area contributed by atoms with Crippen LogP contribution in [-0.2, 0) is 17.1 Å². The van der Waals surface area contributed by atoms with Crippen LogP contribution in [0.1, 0.15) is 0 Å². The molecule has 0 unspecified atom stereocenters. The molecule has 0 nitrogen and oxygen atoms in total. The zero-order chi connectivity index (χ0) is 2.00. The molecule has 0 spiro atoms. The Kier molecular flexibility index (Phi) is 133. The molecule has 0 aromatic carbocycles. The topological polar surface area (TPSA) is 0 Å². The van der Waals surface area contributed by atoms with Crippen LogP contribution in [0, 0.1) is 0 Å². The second-order valence-electron chi connectivity index (χ2n) is 0. The molecule has 4 heavy (non-hydrogen) atoms. The maximum atomic E-state index is 3.00. The molecule has 0 saturated carbocycles. The van der Waals surface area contributed by atoms with Gasteiger partial charge in [-0.3, -0.25) is 0 Å². The van der Waals surface area contributed by atoms with Gasteiger partial charge in [0.25, 0.3) is 0 Å². The van der Waals surface area contributed by atoms with Crippen LogP contribution in [-0.4, -0.2) is 29.6 Å². The molecule has 0 aromatic rings. The summed E-state index contributed by atoms with van der Waals surface area (Å²) in [6.45, 7) is 6.00. The molecule has 0 aliphatic carbocycles. The van der Waals surface area contributed by atoms with Crippen molar-refractivity contribution in [1.82, 2.24) is 0 Å². The Morgan fingerprint density at radius 3 is 1.00 bits per heavy atom.